The minimum Gasteiger partial charge on any atom is -0.497 e. The SMILES string of the molecule is CCOc1ccc(-n2c(SC(C)c3nnc(-c4ccccc4)o3)nnc2-c2cccc(OC)c2)cc1. The zero-order chi connectivity index (χ0) is 24.9. The molecule has 0 fully saturated rings. The van der Waals surface area contributed by atoms with Gasteiger partial charge in [-0.2, -0.15) is 0 Å². The lowest BCUT2D eigenvalue weighted by atomic mass is 10.2. The predicted octanol–water partition coefficient (Wildman–Crippen LogP) is 6.24. The van der Waals surface area contributed by atoms with Crippen LogP contribution in [0.25, 0.3) is 28.5 Å². The molecule has 2 heterocycles. The maximum Gasteiger partial charge on any atom is 0.247 e. The topological polar surface area (TPSA) is 88.1 Å². The van der Waals surface area contributed by atoms with E-state index in [0.29, 0.717) is 29.4 Å². The molecular weight excluding hydrogens is 474 g/mol. The van der Waals surface area contributed by atoms with Gasteiger partial charge in [-0.05, 0) is 62.4 Å². The molecule has 36 heavy (non-hydrogen) atoms. The number of methoxy groups -OCH3 is 1. The Morgan fingerprint density at radius 3 is 2.39 bits per heavy atom. The van der Waals surface area contributed by atoms with Crippen LogP contribution in [0, 0.1) is 0 Å². The van der Waals surface area contributed by atoms with Gasteiger partial charge in [-0.15, -0.1) is 20.4 Å². The first-order valence-electron chi connectivity index (χ1n) is 11.5. The van der Waals surface area contributed by atoms with E-state index in [2.05, 4.69) is 20.4 Å². The number of thioether (sulfide) groups is 1. The van der Waals surface area contributed by atoms with Crippen LogP contribution in [0.2, 0.25) is 0 Å². The summed E-state index contributed by atoms with van der Waals surface area (Å²) in [6.07, 6.45) is 0. The van der Waals surface area contributed by atoms with Crippen molar-refractivity contribution in [3.63, 3.8) is 0 Å². The third-order valence-electron chi connectivity index (χ3n) is 5.46. The Kier molecular flexibility index (Phi) is 6.99. The molecule has 5 aromatic rings. The summed E-state index contributed by atoms with van der Waals surface area (Å²) in [5.41, 5.74) is 2.68. The van der Waals surface area contributed by atoms with Gasteiger partial charge in [-0.1, -0.05) is 42.1 Å². The summed E-state index contributed by atoms with van der Waals surface area (Å²) in [6.45, 7) is 4.58. The number of nitrogens with zero attached hydrogens (tertiary/aromatic N) is 5. The summed E-state index contributed by atoms with van der Waals surface area (Å²) < 4.78 is 19.0. The normalized spacial score (nSPS) is 11.9. The fourth-order valence-electron chi connectivity index (χ4n) is 3.69. The van der Waals surface area contributed by atoms with Gasteiger partial charge < -0.3 is 13.9 Å². The van der Waals surface area contributed by atoms with Gasteiger partial charge in [0, 0.05) is 16.8 Å². The van der Waals surface area contributed by atoms with Gasteiger partial charge in [0.05, 0.1) is 19.0 Å². The molecule has 182 valence electrons. The predicted molar refractivity (Wildman–Crippen MR) is 139 cm³/mol. The number of aromatic nitrogens is 5. The molecule has 0 bridgehead atoms. The molecule has 8 nitrogen and oxygen atoms in total. The Hall–Kier alpha value is -4.11. The lowest BCUT2D eigenvalue weighted by molar-refractivity contribution is 0.340. The van der Waals surface area contributed by atoms with Crippen LogP contribution >= 0.6 is 11.8 Å². The third-order valence-corrected chi connectivity index (χ3v) is 6.49. The molecule has 0 amide bonds. The van der Waals surface area contributed by atoms with Crippen molar-refractivity contribution in [1.29, 1.82) is 0 Å². The molecule has 5 rings (SSSR count). The molecule has 0 saturated carbocycles. The molecule has 9 heteroatoms. The third kappa shape index (κ3) is 4.96. The first-order chi connectivity index (χ1) is 17.7. The minimum atomic E-state index is -0.154. The molecule has 0 aliphatic carbocycles. The molecule has 1 unspecified atom stereocenters. The highest BCUT2D eigenvalue weighted by Gasteiger charge is 2.23. The highest BCUT2D eigenvalue weighted by Crippen LogP contribution is 2.38. The zero-order valence-corrected chi connectivity index (χ0v) is 21.0. The van der Waals surface area contributed by atoms with Crippen LogP contribution in [-0.2, 0) is 0 Å². The van der Waals surface area contributed by atoms with Gasteiger partial charge >= 0.3 is 0 Å². The Labute approximate surface area is 213 Å². The van der Waals surface area contributed by atoms with Gasteiger partial charge in [0.1, 0.15) is 11.5 Å². The lowest BCUT2D eigenvalue weighted by Gasteiger charge is -2.13. The number of rotatable bonds is 9. The maximum absolute atomic E-state index is 5.98. The number of hydrogen-bond donors (Lipinski definition) is 0. The van der Waals surface area contributed by atoms with E-state index in [1.807, 2.05) is 97.3 Å². The van der Waals surface area contributed by atoms with E-state index < -0.39 is 0 Å². The molecule has 1 atom stereocenters. The second-order valence-electron chi connectivity index (χ2n) is 7.87. The van der Waals surface area contributed by atoms with E-state index in [9.17, 15) is 0 Å². The molecule has 0 spiro atoms. The van der Waals surface area contributed by atoms with Crippen molar-refractivity contribution in [2.45, 2.75) is 24.3 Å². The molecule has 0 aliphatic heterocycles. The monoisotopic (exact) mass is 499 g/mol. The summed E-state index contributed by atoms with van der Waals surface area (Å²) in [5.74, 6) is 3.25. The second-order valence-corrected chi connectivity index (χ2v) is 9.18. The Balaban J connectivity index is 1.50. The molecular formula is C27H25N5O3S. The van der Waals surface area contributed by atoms with Crippen molar-refractivity contribution in [2.24, 2.45) is 0 Å². The van der Waals surface area contributed by atoms with Crippen molar-refractivity contribution in [1.82, 2.24) is 25.0 Å². The molecule has 3 aromatic carbocycles. The van der Waals surface area contributed by atoms with E-state index in [1.165, 1.54) is 11.8 Å². The summed E-state index contributed by atoms with van der Waals surface area (Å²) in [5, 5.41) is 18.1. The highest BCUT2D eigenvalue weighted by atomic mass is 32.2. The van der Waals surface area contributed by atoms with Gasteiger partial charge in [-0.3, -0.25) is 4.57 Å². The average Bonchev–Trinajstić information content (AvgIpc) is 3.58. The van der Waals surface area contributed by atoms with Crippen LogP contribution in [-0.4, -0.2) is 38.7 Å². The van der Waals surface area contributed by atoms with Crippen LogP contribution in [0.3, 0.4) is 0 Å². The average molecular weight is 500 g/mol. The van der Waals surface area contributed by atoms with Crippen LogP contribution in [0.4, 0.5) is 0 Å². The minimum absolute atomic E-state index is 0.154. The smallest absolute Gasteiger partial charge is 0.247 e. The largest absolute Gasteiger partial charge is 0.497 e. The Bertz CT molecular complexity index is 1430. The quantitative estimate of drug-likeness (QED) is 0.220. The first kappa shape index (κ1) is 23.6. The molecule has 0 N–H and O–H groups in total. The summed E-state index contributed by atoms with van der Waals surface area (Å²) in [4.78, 5) is 0. The maximum atomic E-state index is 5.98. The van der Waals surface area contributed by atoms with E-state index in [0.717, 1.165) is 28.3 Å². The van der Waals surface area contributed by atoms with Crippen molar-refractivity contribution in [2.75, 3.05) is 13.7 Å². The number of benzene rings is 3. The van der Waals surface area contributed by atoms with Crippen LogP contribution in [0.5, 0.6) is 11.5 Å². The van der Waals surface area contributed by atoms with E-state index in [4.69, 9.17) is 13.9 Å². The van der Waals surface area contributed by atoms with Crippen molar-refractivity contribution in [3.8, 4) is 40.0 Å². The summed E-state index contributed by atoms with van der Waals surface area (Å²) >= 11 is 1.50. The van der Waals surface area contributed by atoms with E-state index in [-0.39, 0.29) is 5.25 Å². The fourth-order valence-corrected chi connectivity index (χ4v) is 4.59. The van der Waals surface area contributed by atoms with E-state index in [1.54, 1.807) is 7.11 Å². The van der Waals surface area contributed by atoms with Gasteiger partial charge in [0.2, 0.25) is 11.8 Å². The Morgan fingerprint density at radius 2 is 1.64 bits per heavy atom. The summed E-state index contributed by atoms with van der Waals surface area (Å²) in [6, 6.07) is 25.3. The second kappa shape index (κ2) is 10.7. The van der Waals surface area contributed by atoms with Crippen LogP contribution in [0.1, 0.15) is 25.0 Å². The molecule has 0 aliphatic rings. The number of ether oxygens (including phenoxy) is 2. The molecule has 0 radical (unpaired) electrons. The van der Waals surface area contributed by atoms with Crippen molar-refractivity contribution < 1.29 is 13.9 Å². The summed E-state index contributed by atoms with van der Waals surface area (Å²) in [7, 11) is 1.65. The van der Waals surface area contributed by atoms with Gasteiger partial charge in [0.25, 0.3) is 0 Å². The zero-order valence-electron chi connectivity index (χ0n) is 20.2. The standard InChI is InChI=1S/C27H25N5O3S/c1-4-34-22-15-13-21(14-16-22)32-24(20-11-8-12-23(17-20)33-3)28-31-27(32)36-18(2)25-29-30-26(35-25)19-9-6-5-7-10-19/h5-18H,4H2,1-3H3. The lowest BCUT2D eigenvalue weighted by Crippen LogP contribution is -2.01. The highest BCUT2D eigenvalue weighted by molar-refractivity contribution is 7.99. The van der Waals surface area contributed by atoms with Gasteiger partial charge in [-0.25, -0.2) is 0 Å². The first-order valence-corrected chi connectivity index (χ1v) is 12.4. The van der Waals surface area contributed by atoms with Crippen molar-refractivity contribution >= 4 is 11.8 Å². The van der Waals surface area contributed by atoms with Crippen LogP contribution in [0.15, 0.2) is 88.4 Å². The molecule has 0 saturated heterocycles. The number of hydrogen-bond acceptors (Lipinski definition) is 8. The Morgan fingerprint density at radius 1 is 0.861 bits per heavy atom. The fraction of sp³-hybridized carbons (Fsp3) is 0.185. The van der Waals surface area contributed by atoms with Crippen molar-refractivity contribution in [3.05, 3.63) is 84.8 Å². The van der Waals surface area contributed by atoms with Crippen LogP contribution < -0.4 is 9.47 Å². The van der Waals surface area contributed by atoms with E-state index >= 15 is 0 Å². The molecule has 2 aromatic heterocycles. The van der Waals surface area contributed by atoms with Gasteiger partial charge in [0.15, 0.2) is 11.0 Å².